The van der Waals surface area contributed by atoms with Crippen LogP contribution in [0.1, 0.15) is 0 Å². The van der Waals surface area contributed by atoms with Gasteiger partial charge in [0, 0.05) is 6.54 Å². The molecule has 0 aliphatic heterocycles. The van der Waals surface area contributed by atoms with E-state index in [0.29, 0.717) is 0 Å². The maximum Gasteiger partial charge on any atom is 0.425 e. The fourth-order valence-electron chi connectivity index (χ4n) is 0.206. The van der Waals surface area contributed by atoms with Crippen molar-refractivity contribution in [2.24, 2.45) is 10.9 Å². The predicted molar refractivity (Wildman–Crippen MR) is 29.6 cm³/mol. The zero-order chi connectivity index (χ0) is 8.04. The van der Waals surface area contributed by atoms with Crippen molar-refractivity contribution >= 4 is 6.21 Å². The summed E-state index contributed by atoms with van der Waals surface area (Å²) in [6.07, 6.45) is -3.28. The molecule has 0 aliphatic carbocycles. The molecule has 0 aromatic rings. The molecule has 0 aliphatic rings. The van der Waals surface area contributed by atoms with Crippen molar-refractivity contribution in [2.75, 3.05) is 13.2 Å². The molecule has 0 saturated heterocycles. The van der Waals surface area contributed by atoms with Crippen LogP contribution in [0.2, 0.25) is 0 Å². The van der Waals surface area contributed by atoms with Gasteiger partial charge in [-0.05, 0) is 0 Å². The molecular formula is C4H7F3N2O. The molecule has 0 heterocycles. The van der Waals surface area contributed by atoms with Crippen molar-refractivity contribution in [1.82, 2.24) is 0 Å². The van der Waals surface area contributed by atoms with E-state index in [-0.39, 0.29) is 6.54 Å². The van der Waals surface area contributed by atoms with Crippen LogP contribution in [-0.4, -0.2) is 25.5 Å². The van der Waals surface area contributed by atoms with Crippen LogP contribution < -0.4 is 5.73 Å². The lowest BCUT2D eigenvalue weighted by Gasteiger charge is -2.02. The highest BCUT2D eigenvalue weighted by Crippen LogP contribution is 2.13. The Morgan fingerprint density at radius 1 is 1.50 bits per heavy atom. The van der Waals surface area contributed by atoms with Gasteiger partial charge in [-0.3, -0.25) is 0 Å². The van der Waals surface area contributed by atoms with E-state index in [1.54, 1.807) is 0 Å². The summed E-state index contributed by atoms with van der Waals surface area (Å²) in [7, 11) is 0. The van der Waals surface area contributed by atoms with Gasteiger partial charge in [-0.25, -0.2) is 0 Å². The molecule has 0 amide bonds. The molecular weight excluding hydrogens is 149 g/mol. The number of rotatable bonds is 3. The fraction of sp³-hybridized carbons (Fsp3) is 0.750. The minimum atomic E-state index is -4.33. The van der Waals surface area contributed by atoms with Gasteiger partial charge in [0.1, 0.15) is 0 Å². The quantitative estimate of drug-likeness (QED) is 0.478. The van der Waals surface area contributed by atoms with E-state index in [2.05, 4.69) is 9.99 Å². The second-order valence-electron chi connectivity index (χ2n) is 1.41. The highest BCUT2D eigenvalue weighted by molar-refractivity contribution is 5.58. The van der Waals surface area contributed by atoms with Crippen LogP contribution >= 0.6 is 0 Å². The molecule has 0 fully saturated rings. The minimum absolute atomic E-state index is 0.0673. The van der Waals surface area contributed by atoms with Gasteiger partial charge in [-0.2, -0.15) is 13.2 Å². The molecule has 10 heavy (non-hydrogen) atoms. The third-order valence-corrected chi connectivity index (χ3v) is 0.483. The second-order valence-corrected chi connectivity index (χ2v) is 1.41. The highest BCUT2D eigenvalue weighted by atomic mass is 19.4. The van der Waals surface area contributed by atoms with Crippen LogP contribution in [0.5, 0.6) is 0 Å². The Morgan fingerprint density at radius 3 is 2.50 bits per heavy atom. The third-order valence-electron chi connectivity index (χ3n) is 0.483. The molecule has 0 radical (unpaired) electrons. The predicted octanol–water partition coefficient (Wildman–Crippen LogP) is 0.510. The Morgan fingerprint density at radius 2 is 2.10 bits per heavy atom. The van der Waals surface area contributed by atoms with E-state index in [4.69, 9.17) is 5.73 Å². The molecule has 3 nitrogen and oxygen atoms in total. The summed E-state index contributed by atoms with van der Waals surface area (Å²) in [6.45, 7) is -1.30. The summed E-state index contributed by atoms with van der Waals surface area (Å²) in [6, 6.07) is 0. The van der Waals surface area contributed by atoms with Crippen molar-refractivity contribution in [3.05, 3.63) is 0 Å². The lowest BCUT2D eigenvalue weighted by Crippen LogP contribution is -2.15. The highest BCUT2D eigenvalue weighted by Gasteiger charge is 2.28. The van der Waals surface area contributed by atoms with Gasteiger partial charge >= 0.3 is 6.18 Å². The second kappa shape index (κ2) is 4.10. The smallest absolute Gasteiger partial charge is 0.386 e. The van der Waals surface area contributed by atoms with Crippen molar-refractivity contribution in [1.29, 1.82) is 0 Å². The molecule has 0 rings (SSSR count). The molecule has 0 saturated carbocycles. The number of hydrogen-bond acceptors (Lipinski definition) is 3. The number of hydrogen-bond donors (Lipinski definition) is 1. The average molecular weight is 156 g/mol. The van der Waals surface area contributed by atoms with E-state index in [9.17, 15) is 13.2 Å². The number of halogens is 3. The lowest BCUT2D eigenvalue weighted by atomic mass is 10.7. The van der Waals surface area contributed by atoms with Gasteiger partial charge in [-0.15, -0.1) is 0 Å². The number of alkyl halides is 3. The van der Waals surface area contributed by atoms with Gasteiger partial charge in [0.2, 0.25) is 6.61 Å². The Hall–Kier alpha value is -0.780. The summed E-state index contributed by atoms with van der Waals surface area (Å²) in [4.78, 5) is 3.80. The first-order chi connectivity index (χ1) is 4.56. The van der Waals surface area contributed by atoms with Crippen LogP contribution in [-0.2, 0) is 4.84 Å². The lowest BCUT2D eigenvalue weighted by molar-refractivity contribution is -0.173. The van der Waals surface area contributed by atoms with Gasteiger partial charge in [0.15, 0.2) is 0 Å². The minimum Gasteiger partial charge on any atom is -0.386 e. The van der Waals surface area contributed by atoms with Crippen LogP contribution in [0, 0.1) is 0 Å². The number of nitrogens with zero attached hydrogens (tertiary/aromatic N) is 1. The standard InChI is InChI=1S/C4H7F3N2O/c5-4(6,7)3-10-9-2-1-8/h2H,1,3,8H2/b9-2+. The number of nitrogens with two attached hydrogens (primary N) is 1. The SMILES string of the molecule is NC/C=N/OCC(F)(F)F. The summed E-state index contributed by atoms with van der Waals surface area (Å²) in [5, 5.41) is 2.91. The molecule has 0 bridgehead atoms. The van der Waals surface area contributed by atoms with Crippen molar-refractivity contribution < 1.29 is 18.0 Å². The normalized spacial score (nSPS) is 12.4. The summed E-state index contributed by atoms with van der Waals surface area (Å²) in [5.74, 6) is 0. The van der Waals surface area contributed by atoms with Crippen LogP contribution in [0.4, 0.5) is 13.2 Å². The van der Waals surface area contributed by atoms with Crippen LogP contribution in [0.25, 0.3) is 0 Å². The molecule has 0 aromatic heterocycles. The first-order valence-electron chi connectivity index (χ1n) is 2.47. The zero-order valence-corrected chi connectivity index (χ0v) is 5.06. The van der Waals surface area contributed by atoms with Gasteiger partial charge in [-0.1, -0.05) is 5.16 Å². The van der Waals surface area contributed by atoms with Crippen LogP contribution in [0.15, 0.2) is 5.16 Å². The van der Waals surface area contributed by atoms with E-state index in [1.165, 1.54) is 0 Å². The molecule has 0 unspecified atom stereocenters. The third kappa shape index (κ3) is 7.22. The largest absolute Gasteiger partial charge is 0.425 e. The van der Waals surface area contributed by atoms with Gasteiger partial charge < -0.3 is 10.6 Å². The monoisotopic (exact) mass is 156 g/mol. The van der Waals surface area contributed by atoms with E-state index in [1.807, 2.05) is 0 Å². The van der Waals surface area contributed by atoms with E-state index in [0.717, 1.165) is 6.21 Å². The van der Waals surface area contributed by atoms with Crippen molar-refractivity contribution in [3.8, 4) is 0 Å². The summed E-state index contributed by atoms with van der Waals surface area (Å²) in [5.41, 5.74) is 4.87. The Balaban J connectivity index is 3.28. The fourth-order valence-corrected chi connectivity index (χ4v) is 0.206. The number of oxime groups is 1. The molecule has 6 heteroatoms. The Bertz CT molecular complexity index is 112. The van der Waals surface area contributed by atoms with Gasteiger partial charge in [0.05, 0.1) is 6.21 Å². The van der Waals surface area contributed by atoms with Crippen molar-refractivity contribution in [3.63, 3.8) is 0 Å². The first kappa shape index (κ1) is 9.22. The topological polar surface area (TPSA) is 47.6 Å². The molecule has 0 atom stereocenters. The molecule has 0 aromatic carbocycles. The van der Waals surface area contributed by atoms with Gasteiger partial charge in [0.25, 0.3) is 0 Å². The molecule has 2 N–H and O–H groups in total. The first-order valence-corrected chi connectivity index (χ1v) is 2.47. The molecule has 0 spiro atoms. The average Bonchev–Trinajstić information content (AvgIpc) is 1.78. The van der Waals surface area contributed by atoms with E-state index < -0.39 is 12.8 Å². The zero-order valence-electron chi connectivity index (χ0n) is 5.06. The van der Waals surface area contributed by atoms with Crippen molar-refractivity contribution in [2.45, 2.75) is 6.18 Å². The maximum atomic E-state index is 11.3. The maximum absolute atomic E-state index is 11.3. The van der Waals surface area contributed by atoms with Crippen LogP contribution in [0.3, 0.4) is 0 Å². The Labute approximate surface area is 55.6 Å². The summed E-state index contributed by atoms with van der Waals surface area (Å²) >= 11 is 0. The molecule has 60 valence electrons. The summed E-state index contributed by atoms with van der Waals surface area (Å²) < 4.78 is 33.8. The van der Waals surface area contributed by atoms with E-state index >= 15 is 0 Å². The Kier molecular flexibility index (Phi) is 3.78.